The van der Waals surface area contributed by atoms with Crippen LogP contribution in [0.1, 0.15) is 23.2 Å². The van der Waals surface area contributed by atoms with Crippen molar-refractivity contribution in [2.24, 2.45) is 0 Å². The lowest BCUT2D eigenvalue weighted by atomic mass is 10.2. The third kappa shape index (κ3) is 1.77. The van der Waals surface area contributed by atoms with Crippen LogP contribution in [0.15, 0.2) is 6.20 Å². The Balaban J connectivity index is 2.37. The largest absolute Gasteiger partial charge is 0.372 e. The number of imidazole rings is 1. The normalized spacial score (nSPS) is 16.2. The SMILES string of the molecule is CC(F)(F)C(=O)c1cnc2n1CCOC2. The first-order chi connectivity index (χ1) is 7.00. The number of ketones is 1. The third-order valence-corrected chi connectivity index (χ3v) is 2.26. The number of hydrogen-bond acceptors (Lipinski definition) is 3. The first-order valence-electron chi connectivity index (χ1n) is 4.55. The number of Topliss-reactive ketones (excluding diaryl/α,β-unsaturated/α-hetero) is 1. The van der Waals surface area contributed by atoms with E-state index in [9.17, 15) is 13.6 Å². The van der Waals surface area contributed by atoms with Crippen molar-refractivity contribution in [3.05, 3.63) is 17.7 Å². The third-order valence-electron chi connectivity index (χ3n) is 2.26. The molecule has 0 aliphatic carbocycles. The van der Waals surface area contributed by atoms with E-state index in [2.05, 4.69) is 4.98 Å². The number of carbonyl (C=O) groups excluding carboxylic acids is 1. The summed E-state index contributed by atoms with van der Waals surface area (Å²) in [5.74, 6) is -4.02. The van der Waals surface area contributed by atoms with Crippen molar-refractivity contribution in [2.45, 2.75) is 26.0 Å². The Kier molecular flexibility index (Phi) is 2.30. The van der Waals surface area contributed by atoms with Gasteiger partial charge in [0.15, 0.2) is 0 Å². The zero-order valence-corrected chi connectivity index (χ0v) is 8.17. The minimum Gasteiger partial charge on any atom is -0.372 e. The number of halogens is 2. The Morgan fingerprint density at radius 2 is 2.40 bits per heavy atom. The van der Waals surface area contributed by atoms with Crippen molar-refractivity contribution >= 4 is 5.78 Å². The van der Waals surface area contributed by atoms with Crippen LogP contribution in [-0.4, -0.2) is 27.9 Å². The summed E-state index contributed by atoms with van der Waals surface area (Å²) in [5, 5.41) is 0. The second-order valence-corrected chi connectivity index (χ2v) is 3.48. The molecular weight excluding hydrogens is 206 g/mol. The van der Waals surface area contributed by atoms with Gasteiger partial charge in [-0.05, 0) is 0 Å². The van der Waals surface area contributed by atoms with E-state index in [1.54, 1.807) is 0 Å². The molecule has 4 nitrogen and oxygen atoms in total. The van der Waals surface area contributed by atoms with Gasteiger partial charge in [0.25, 0.3) is 0 Å². The van der Waals surface area contributed by atoms with Gasteiger partial charge in [0.1, 0.15) is 18.1 Å². The molecule has 0 saturated heterocycles. The maximum absolute atomic E-state index is 12.8. The van der Waals surface area contributed by atoms with Crippen LogP contribution in [-0.2, 0) is 17.9 Å². The summed E-state index contributed by atoms with van der Waals surface area (Å²) in [7, 11) is 0. The number of carbonyl (C=O) groups is 1. The van der Waals surface area contributed by atoms with Crippen LogP contribution in [0.4, 0.5) is 8.78 Å². The van der Waals surface area contributed by atoms with Gasteiger partial charge in [-0.15, -0.1) is 0 Å². The predicted molar refractivity (Wildman–Crippen MR) is 46.8 cm³/mol. The lowest BCUT2D eigenvalue weighted by Gasteiger charge is -2.17. The molecule has 0 atom stereocenters. The molecule has 0 saturated carbocycles. The van der Waals surface area contributed by atoms with Gasteiger partial charge < -0.3 is 9.30 Å². The van der Waals surface area contributed by atoms with E-state index in [1.807, 2.05) is 0 Å². The molecule has 15 heavy (non-hydrogen) atoms. The Morgan fingerprint density at radius 3 is 3.07 bits per heavy atom. The summed E-state index contributed by atoms with van der Waals surface area (Å²) in [6.07, 6.45) is 1.18. The highest BCUT2D eigenvalue weighted by atomic mass is 19.3. The first-order valence-corrected chi connectivity index (χ1v) is 4.55. The van der Waals surface area contributed by atoms with E-state index in [0.29, 0.717) is 25.9 Å². The number of ether oxygens (including phenoxy) is 1. The lowest BCUT2D eigenvalue weighted by Crippen LogP contribution is -2.29. The van der Waals surface area contributed by atoms with Crippen LogP contribution in [0.25, 0.3) is 0 Å². The number of nitrogens with zero attached hydrogens (tertiary/aromatic N) is 2. The second-order valence-electron chi connectivity index (χ2n) is 3.48. The molecule has 0 amide bonds. The molecule has 0 aromatic carbocycles. The second kappa shape index (κ2) is 3.37. The van der Waals surface area contributed by atoms with Gasteiger partial charge in [-0.3, -0.25) is 4.79 Å². The highest BCUT2D eigenvalue weighted by molar-refractivity contribution is 5.99. The molecule has 2 heterocycles. The minimum atomic E-state index is -3.35. The highest BCUT2D eigenvalue weighted by Crippen LogP contribution is 2.21. The van der Waals surface area contributed by atoms with Gasteiger partial charge in [0.05, 0.1) is 12.8 Å². The van der Waals surface area contributed by atoms with E-state index < -0.39 is 11.7 Å². The number of alkyl halides is 2. The molecule has 1 aliphatic heterocycles. The number of rotatable bonds is 2. The number of hydrogen-bond donors (Lipinski definition) is 0. The molecular formula is C9H10F2N2O2. The summed E-state index contributed by atoms with van der Waals surface area (Å²) >= 11 is 0. The van der Waals surface area contributed by atoms with E-state index in [0.717, 1.165) is 0 Å². The fourth-order valence-electron chi connectivity index (χ4n) is 1.50. The standard InChI is InChI=1S/C9H10F2N2O2/c1-9(10,11)8(14)6-4-12-7-5-15-3-2-13(6)7/h4H,2-3,5H2,1H3. The maximum atomic E-state index is 12.8. The fourth-order valence-corrected chi connectivity index (χ4v) is 1.50. The van der Waals surface area contributed by atoms with Gasteiger partial charge in [-0.2, -0.15) is 8.78 Å². The summed E-state index contributed by atoms with van der Waals surface area (Å²) in [4.78, 5) is 15.2. The Labute approximate surface area is 84.9 Å². The molecule has 2 rings (SSSR count). The van der Waals surface area contributed by atoms with E-state index in [-0.39, 0.29) is 12.3 Å². The topological polar surface area (TPSA) is 44.1 Å². The van der Waals surface area contributed by atoms with E-state index in [4.69, 9.17) is 4.74 Å². The molecule has 0 spiro atoms. The summed E-state index contributed by atoms with van der Waals surface area (Å²) in [6, 6.07) is 0. The first kappa shape index (κ1) is 10.2. The smallest absolute Gasteiger partial charge is 0.308 e. The van der Waals surface area contributed by atoms with Crippen LogP contribution in [0.3, 0.4) is 0 Å². The van der Waals surface area contributed by atoms with Crippen molar-refractivity contribution in [3.8, 4) is 0 Å². The summed E-state index contributed by atoms with van der Waals surface area (Å²) in [5.41, 5.74) is -0.0409. The average Bonchev–Trinajstić information content (AvgIpc) is 2.58. The lowest BCUT2D eigenvalue weighted by molar-refractivity contribution is 0.0202. The van der Waals surface area contributed by atoms with Gasteiger partial charge in [-0.1, -0.05) is 0 Å². The Hall–Kier alpha value is -1.30. The number of aromatic nitrogens is 2. The predicted octanol–water partition coefficient (Wildman–Crippen LogP) is 1.25. The Morgan fingerprint density at radius 1 is 1.67 bits per heavy atom. The van der Waals surface area contributed by atoms with Crippen LogP contribution in [0, 0.1) is 0 Å². The monoisotopic (exact) mass is 216 g/mol. The average molecular weight is 216 g/mol. The van der Waals surface area contributed by atoms with Crippen LogP contribution < -0.4 is 0 Å². The zero-order chi connectivity index (χ0) is 11.1. The zero-order valence-electron chi connectivity index (χ0n) is 8.17. The maximum Gasteiger partial charge on any atom is 0.308 e. The molecule has 0 fully saturated rings. The Bertz CT molecular complexity index is 395. The molecule has 1 aliphatic rings. The van der Waals surface area contributed by atoms with E-state index in [1.165, 1.54) is 10.8 Å². The molecule has 0 unspecified atom stereocenters. The van der Waals surface area contributed by atoms with Gasteiger partial charge in [0.2, 0.25) is 5.78 Å². The molecule has 6 heteroatoms. The van der Waals surface area contributed by atoms with E-state index >= 15 is 0 Å². The van der Waals surface area contributed by atoms with Crippen LogP contribution in [0.2, 0.25) is 0 Å². The van der Waals surface area contributed by atoms with Gasteiger partial charge >= 0.3 is 5.92 Å². The van der Waals surface area contributed by atoms with Crippen LogP contribution in [0.5, 0.6) is 0 Å². The molecule has 0 radical (unpaired) electrons. The molecule has 1 aromatic rings. The quantitative estimate of drug-likeness (QED) is 0.699. The van der Waals surface area contributed by atoms with Crippen LogP contribution >= 0.6 is 0 Å². The van der Waals surface area contributed by atoms with Gasteiger partial charge in [0, 0.05) is 13.5 Å². The van der Waals surface area contributed by atoms with Crippen molar-refractivity contribution in [1.29, 1.82) is 0 Å². The summed E-state index contributed by atoms with van der Waals surface area (Å²) in [6.45, 7) is 1.67. The molecule has 82 valence electrons. The van der Waals surface area contributed by atoms with Crippen molar-refractivity contribution in [2.75, 3.05) is 6.61 Å². The molecule has 0 bridgehead atoms. The fraction of sp³-hybridized carbons (Fsp3) is 0.556. The summed E-state index contributed by atoms with van der Waals surface area (Å²) < 4.78 is 32.2. The highest BCUT2D eigenvalue weighted by Gasteiger charge is 2.36. The molecule has 1 aromatic heterocycles. The van der Waals surface area contributed by atoms with Crippen molar-refractivity contribution in [3.63, 3.8) is 0 Å². The minimum absolute atomic E-state index is 0.0409. The van der Waals surface area contributed by atoms with Gasteiger partial charge in [-0.25, -0.2) is 4.98 Å². The number of fused-ring (bicyclic) bond motifs is 1. The molecule has 0 N–H and O–H groups in total. The van der Waals surface area contributed by atoms with Crippen molar-refractivity contribution < 1.29 is 18.3 Å². The van der Waals surface area contributed by atoms with Crippen molar-refractivity contribution in [1.82, 2.24) is 9.55 Å².